The zero-order valence-corrected chi connectivity index (χ0v) is 6.86. The van der Waals surface area contributed by atoms with Crippen LogP contribution in [0, 0.1) is 0 Å². The van der Waals surface area contributed by atoms with Gasteiger partial charge in [-0.1, -0.05) is 7.43 Å². The Balaban J connectivity index is 0. The van der Waals surface area contributed by atoms with Crippen molar-refractivity contribution in [3.63, 3.8) is 0 Å². The molecule has 0 aliphatic heterocycles. The Morgan fingerprint density at radius 1 is 1.00 bits per heavy atom. The second-order valence-electron chi connectivity index (χ2n) is 0. The summed E-state index contributed by atoms with van der Waals surface area (Å²) in [6, 6.07) is 0. The molecule has 0 aromatic heterocycles. The first-order chi connectivity index (χ1) is 0. The molecule has 0 aromatic carbocycles. The summed E-state index contributed by atoms with van der Waals surface area (Å²) < 4.78 is 0. The normalized spacial score (nSPS) is 0. The Morgan fingerprint density at radius 2 is 1.00 bits per heavy atom. The molecule has 0 aliphatic rings. The first-order valence-corrected chi connectivity index (χ1v) is 0. The minimum Gasteiger partial charge on any atom is -0.153 e. The summed E-state index contributed by atoms with van der Waals surface area (Å²) in [5.41, 5.74) is 0. The zero-order chi connectivity index (χ0) is 0. The second kappa shape index (κ2) is 43.6. The number of hydrogen-bond donors (Lipinski definition) is 0. The quantitative estimate of drug-likeness (QED) is 0.376. The van der Waals surface area contributed by atoms with E-state index in [0.29, 0.717) is 0 Å². The Labute approximate surface area is 62.7 Å². The molecule has 0 bridgehead atoms. The van der Waals surface area contributed by atoms with Crippen molar-refractivity contribution in [2.24, 2.45) is 0 Å². The van der Waals surface area contributed by atoms with Crippen molar-refractivity contribution in [3.8, 4) is 0 Å². The molecule has 0 heterocycles. The summed E-state index contributed by atoms with van der Waals surface area (Å²) in [5, 5.41) is 0. The maximum atomic E-state index is 0. The van der Waals surface area contributed by atoms with E-state index in [9.17, 15) is 0 Å². The molecule has 4 heteroatoms. The van der Waals surface area contributed by atoms with Gasteiger partial charge in [0.05, 0.1) is 0 Å². The van der Waals surface area contributed by atoms with Gasteiger partial charge in [0, 0.05) is 45.4 Å². The Morgan fingerprint density at radius 3 is 1.00 bits per heavy atom. The minimum atomic E-state index is 0. The largest absolute Gasteiger partial charge is 0.153 e. The average Bonchev–Trinajstić information content (AvgIpc) is 0. The van der Waals surface area contributed by atoms with Crippen molar-refractivity contribution >= 4 is 20.9 Å². The van der Waals surface area contributed by atoms with Gasteiger partial charge in [0.25, 0.3) is 0 Å². The summed E-state index contributed by atoms with van der Waals surface area (Å²) in [4.78, 5) is 0. The van der Waals surface area contributed by atoms with Gasteiger partial charge in [-0.3, -0.25) is 0 Å². The number of rotatable bonds is 0. The van der Waals surface area contributed by atoms with Gasteiger partial charge in [-0.05, 0) is 0 Å². The van der Waals surface area contributed by atoms with Gasteiger partial charge in [-0.25, -0.2) is 0 Å². The van der Waals surface area contributed by atoms with E-state index in [2.05, 4.69) is 0 Å². The van der Waals surface area contributed by atoms with Crippen molar-refractivity contribution in [2.45, 2.75) is 7.43 Å². The van der Waals surface area contributed by atoms with E-state index in [1.165, 1.54) is 0 Å². The maximum Gasteiger partial charge on any atom is 0 e. The second-order valence-corrected chi connectivity index (χ2v) is 0. The predicted molar refractivity (Wildman–Crippen MR) is 23.6 cm³/mol. The number of hydrogen-bond acceptors (Lipinski definition) is 0. The van der Waals surface area contributed by atoms with Crippen LogP contribution in [-0.2, 0) is 34.4 Å². The van der Waals surface area contributed by atoms with Gasteiger partial charge in [0.2, 0.25) is 0 Å². The molecule has 0 aromatic rings. The molecule has 1 unspecified atom stereocenters. The summed E-state index contributed by atoms with van der Waals surface area (Å²) in [6.45, 7) is 0. The van der Waals surface area contributed by atoms with Crippen molar-refractivity contribution in [1.29, 1.82) is 0 Å². The fourth-order valence-electron chi connectivity index (χ4n) is 0. The summed E-state index contributed by atoms with van der Waals surface area (Å²) in [5.74, 6) is 0. The Hall–Kier alpha value is 1.70. The first-order valence-electron chi connectivity index (χ1n) is 0. The molecule has 0 N–H and O–H groups in total. The van der Waals surface area contributed by atoms with Gasteiger partial charge >= 0.3 is 0 Å². The van der Waals surface area contributed by atoms with E-state index >= 15 is 0 Å². The zero-order valence-electron chi connectivity index (χ0n) is 1.99. The van der Waals surface area contributed by atoms with Crippen LogP contribution in [0.2, 0.25) is 0 Å². The third kappa shape index (κ3) is 27.0. The van der Waals surface area contributed by atoms with Crippen molar-refractivity contribution in [1.82, 2.24) is 0 Å². The smallest absolute Gasteiger partial charge is 0 e. The molecule has 0 nitrogen and oxygen atoms in total. The molecule has 1 atom stereocenters. The van der Waals surface area contributed by atoms with Crippen LogP contribution in [0.25, 0.3) is 0 Å². The van der Waals surface area contributed by atoms with Crippen molar-refractivity contribution < 1.29 is 34.4 Å². The minimum absolute atomic E-state index is 0. The molecule has 5 heavy (non-hydrogen) atoms. The molecule has 0 aliphatic carbocycles. The van der Waals surface area contributed by atoms with Gasteiger partial charge in [-0.2, -0.15) is 9.90 Å². The van der Waals surface area contributed by atoms with Crippen LogP contribution in [0.3, 0.4) is 0 Å². The van der Waals surface area contributed by atoms with Crippen molar-refractivity contribution in [2.75, 3.05) is 0 Å². The summed E-state index contributed by atoms with van der Waals surface area (Å²) >= 11 is 0. The molecule has 0 spiro atoms. The Bertz CT molecular complexity index is 11.6. The van der Waals surface area contributed by atoms with Crippen molar-refractivity contribution in [3.05, 3.63) is 0 Å². The SMILES string of the molecule is C.P.[Cr].[Mn].[Si]. The van der Waals surface area contributed by atoms with E-state index < -0.39 is 0 Å². The molecule has 33 valence electrons. The van der Waals surface area contributed by atoms with E-state index in [1.54, 1.807) is 0 Å². The molecular weight excluding hydrogens is 178 g/mol. The van der Waals surface area contributed by atoms with E-state index in [4.69, 9.17) is 0 Å². The van der Waals surface area contributed by atoms with Crippen LogP contribution in [0.5, 0.6) is 0 Å². The average molecular weight is 185 g/mol. The molecular formula is CH7CrMnPSi. The van der Waals surface area contributed by atoms with Crippen LogP contribution in [0.1, 0.15) is 7.43 Å². The maximum absolute atomic E-state index is 0. The van der Waals surface area contributed by atoms with Gasteiger partial charge in [0.1, 0.15) is 0 Å². The molecule has 0 amide bonds. The van der Waals surface area contributed by atoms with Crippen LogP contribution in [0.15, 0.2) is 0 Å². The van der Waals surface area contributed by atoms with E-state index in [1.807, 2.05) is 0 Å². The standard InChI is InChI=1S/CH4.Cr.Mn.H3P.Si/h1H4;;;1H3;. The Kier molecular flexibility index (Phi) is 657. The predicted octanol–water partition coefficient (Wildman–Crippen LogP) is 0.308. The first kappa shape index (κ1) is 75.4. The third-order valence-corrected chi connectivity index (χ3v) is 0. The van der Waals surface area contributed by atoms with Gasteiger partial charge in [-0.15, -0.1) is 0 Å². The fourth-order valence-corrected chi connectivity index (χ4v) is 0. The van der Waals surface area contributed by atoms with Gasteiger partial charge < -0.3 is 0 Å². The monoisotopic (exact) mass is 185 g/mol. The summed E-state index contributed by atoms with van der Waals surface area (Å²) in [7, 11) is 0. The summed E-state index contributed by atoms with van der Waals surface area (Å²) in [6.07, 6.45) is 0. The topological polar surface area (TPSA) is 0 Å². The molecule has 0 saturated carbocycles. The molecule has 0 saturated heterocycles. The molecule has 0 fully saturated rings. The van der Waals surface area contributed by atoms with Crippen LogP contribution < -0.4 is 0 Å². The van der Waals surface area contributed by atoms with Crippen LogP contribution in [-0.4, -0.2) is 11.0 Å². The molecule has 0 rings (SSSR count). The van der Waals surface area contributed by atoms with Gasteiger partial charge in [0.15, 0.2) is 0 Å². The fraction of sp³-hybridized carbons (Fsp3) is 1.00. The van der Waals surface area contributed by atoms with E-state index in [0.717, 1.165) is 0 Å². The van der Waals surface area contributed by atoms with E-state index in [-0.39, 0.29) is 62.7 Å². The third-order valence-electron chi connectivity index (χ3n) is 0. The van der Waals surface area contributed by atoms with Crippen LogP contribution in [0.4, 0.5) is 0 Å². The van der Waals surface area contributed by atoms with Crippen LogP contribution >= 0.6 is 9.90 Å². The molecule has 5 radical (unpaired) electrons.